The molecular weight excluding hydrogens is 381 g/mol. The number of nitrogens with zero attached hydrogens (tertiary/aromatic N) is 2. The van der Waals surface area contributed by atoms with E-state index in [9.17, 15) is 14.0 Å². The molecule has 3 aromatic rings. The third-order valence-electron chi connectivity index (χ3n) is 4.69. The Bertz CT molecular complexity index is 1070. The van der Waals surface area contributed by atoms with Gasteiger partial charge in [-0.2, -0.15) is 0 Å². The number of aromatic nitrogens is 2. The van der Waals surface area contributed by atoms with Crippen molar-refractivity contribution in [1.82, 2.24) is 9.97 Å². The molecule has 0 saturated heterocycles. The summed E-state index contributed by atoms with van der Waals surface area (Å²) in [4.78, 5) is 33.2. The Morgan fingerprint density at radius 3 is 2.68 bits per heavy atom. The van der Waals surface area contributed by atoms with Gasteiger partial charge in [-0.15, -0.1) is 0 Å². The zero-order chi connectivity index (χ0) is 19.7. The van der Waals surface area contributed by atoms with Crippen molar-refractivity contribution < 1.29 is 14.0 Å². The summed E-state index contributed by atoms with van der Waals surface area (Å²) in [5.41, 5.74) is 2.32. The molecule has 140 valence electrons. The molecule has 1 aliphatic rings. The number of benzene rings is 2. The molecule has 0 fully saturated rings. The van der Waals surface area contributed by atoms with E-state index in [1.807, 2.05) is 18.2 Å². The van der Waals surface area contributed by atoms with Gasteiger partial charge in [0.1, 0.15) is 5.82 Å². The van der Waals surface area contributed by atoms with Gasteiger partial charge in [0.15, 0.2) is 5.78 Å². The van der Waals surface area contributed by atoms with Gasteiger partial charge >= 0.3 is 0 Å². The van der Waals surface area contributed by atoms with Gasteiger partial charge < -0.3 is 0 Å². The highest BCUT2D eigenvalue weighted by Crippen LogP contribution is 2.33. The quantitative estimate of drug-likeness (QED) is 0.711. The summed E-state index contributed by atoms with van der Waals surface area (Å²) in [6.07, 6.45) is 2.35. The lowest BCUT2D eigenvalue weighted by Crippen LogP contribution is -2.22. The fraction of sp³-hybridized carbons (Fsp3) is 0.143. The summed E-state index contributed by atoms with van der Waals surface area (Å²) in [5, 5.41) is 3.21. The maximum Gasteiger partial charge on any atom is 0.258 e. The average molecular weight is 396 g/mol. The zero-order valence-electron chi connectivity index (χ0n) is 14.7. The number of ketones is 1. The number of anilines is 1. The Labute approximate surface area is 165 Å². The Balaban J connectivity index is 1.57. The van der Waals surface area contributed by atoms with Crippen molar-refractivity contribution in [2.24, 2.45) is 0 Å². The van der Waals surface area contributed by atoms with Crippen LogP contribution >= 0.6 is 11.6 Å². The molecule has 4 rings (SSSR count). The molecule has 1 N–H and O–H groups in total. The first-order valence-corrected chi connectivity index (χ1v) is 9.09. The first-order chi connectivity index (χ1) is 13.5. The Hall–Kier alpha value is -3.12. The molecule has 7 heteroatoms. The van der Waals surface area contributed by atoms with Gasteiger partial charge in [0, 0.05) is 23.2 Å². The van der Waals surface area contributed by atoms with Crippen LogP contribution in [0.2, 0.25) is 5.02 Å². The minimum atomic E-state index is -0.450. The van der Waals surface area contributed by atoms with Gasteiger partial charge in [-0.1, -0.05) is 23.7 Å². The Kier molecular flexibility index (Phi) is 4.88. The molecule has 1 aromatic heterocycles. The maximum absolute atomic E-state index is 13.0. The largest absolute Gasteiger partial charge is 0.294 e. The predicted molar refractivity (Wildman–Crippen MR) is 103 cm³/mol. The number of carbonyl (C=O) groups is 2. The molecule has 28 heavy (non-hydrogen) atoms. The highest BCUT2D eigenvalue weighted by Gasteiger charge is 2.28. The number of hydrogen-bond donors (Lipinski definition) is 1. The van der Waals surface area contributed by atoms with Crippen LogP contribution in [0.3, 0.4) is 0 Å². The normalized spacial score (nSPS) is 15.8. The molecule has 1 atom stereocenters. The second-order valence-electron chi connectivity index (χ2n) is 6.60. The molecule has 1 heterocycles. The van der Waals surface area contributed by atoms with E-state index in [0.29, 0.717) is 29.1 Å². The number of fused-ring (bicyclic) bond motifs is 1. The van der Waals surface area contributed by atoms with Gasteiger partial charge in [0.2, 0.25) is 5.95 Å². The van der Waals surface area contributed by atoms with Crippen LogP contribution < -0.4 is 5.32 Å². The summed E-state index contributed by atoms with van der Waals surface area (Å²) < 4.78 is 13.0. The highest BCUT2D eigenvalue weighted by molar-refractivity contribution is 6.30. The smallest absolute Gasteiger partial charge is 0.258 e. The minimum absolute atomic E-state index is 0.0331. The van der Waals surface area contributed by atoms with E-state index in [0.717, 1.165) is 5.56 Å². The van der Waals surface area contributed by atoms with Crippen LogP contribution in [0.5, 0.6) is 0 Å². The van der Waals surface area contributed by atoms with Crippen LogP contribution in [-0.2, 0) is 6.42 Å². The maximum atomic E-state index is 13.0. The van der Waals surface area contributed by atoms with Crippen LogP contribution in [0, 0.1) is 5.82 Å². The highest BCUT2D eigenvalue weighted by atomic mass is 35.5. The summed E-state index contributed by atoms with van der Waals surface area (Å²) >= 11 is 6.07. The minimum Gasteiger partial charge on any atom is -0.294 e. The topological polar surface area (TPSA) is 72.0 Å². The lowest BCUT2D eigenvalue weighted by molar-refractivity contribution is 0.0962. The fourth-order valence-corrected chi connectivity index (χ4v) is 3.48. The molecule has 2 aromatic carbocycles. The van der Waals surface area contributed by atoms with Crippen molar-refractivity contribution in [3.63, 3.8) is 0 Å². The number of halogens is 2. The molecule has 0 bridgehead atoms. The summed E-state index contributed by atoms with van der Waals surface area (Å²) in [6.45, 7) is 0. The second-order valence-corrected chi connectivity index (χ2v) is 7.03. The van der Waals surface area contributed by atoms with Gasteiger partial charge in [-0.3, -0.25) is 14.9 Å². The van der Waals surface area contributed by atoms with Crippen LogP contribution in [0.25, 0.3) is 0 Å². The van der Waals surface area contributed by atoms with E-state index in [-0.39, 0.29) is 23.2 Å². The zero-order valence-corrected chi connectivity index (χ0v) is 15.4. The number of nitrogens with one attached hydrogen (secondary N) is 1. The molecule has 1 amide bonds. The van der Waals surface area contributed by atoms with E-state index in [1.165, 1.54) is 30.5 Å². The standard InChI is InChI=1S/C21H15ClFN3O2/c22-15-3-1-2-13(8-15)14-9-18-17(19(27)10-14)11-24-21(25-18)26-20(28)12-4-6-16(23)7-5-12/h1-8,11,14H,9-10H2,(H,24,25,26,28)/t14-/m0/s1. The first-order valence-electron chi connectivity index (χ1n) is 8.71. The summed E-state index contributed by atoms with van der Waals surface area (Å²) in [5.74, 6) is -0.842. The summed E-state index contributed by atoms with van der Waals surface area (Å²) in [7, 11) is 0. The van der Waals surface area contributed by atoms with Crippen molar-refractivity contribution in [3.8, 4) is 0 Å². The molecule has 0 saturated carbocycles. The van der Waals surface area contributed by atoms with E-state index in [2.05, 4.69) is 15.3 Å². The van der Waals surface area contributed by atoms with Gasteiger partial charge in [-0.25, -0.2) is 14.4 Å². The molecule has 5 nitrogen and oxygen atoms in total. The van der Waals surface area contributed by atoms with E-state index < -0.39 is 11.7 Å². The van der Waals surface area contributed by atoms with Crippen LogP contribution in [0.4, 0.5) is 10.3 Å². The molecule has 1 aliphatic carbocycles. The number of carbonyl (C=O) groups excluding carboxylic acids is 2. The second kappa shape index (κ2) is 7.48. The van der Waals surface area contributed by atoms with Gasteiger partial charge in [-0.05, 0) is 54.3 Å². The number of rotatable bonds is 3. The van der Waals surface area contributed by atoms with Crippen molar-refractivity contribution in [3.05, 3.63) is 88.0 Å². The average Bonchev–Trinajstić information content (AvgIpc) is 2.68. The Morgan fingerprint density at radius 2 is 1.93 bits per heavy atom. The fourth-order valence-electron chi connectivity index (χ4n) is 3.28. The van der Waals surface area contributed by atoms with Crippen molar-refractivity contribution in [1.29, 1.82) is 0 Å². The molecule has 0 radical (unpaired) electrons. The Morgan fingerprint density at radius 1 is 1.14 bits per heavy atom. The van der Waals surface area contributed by atoms with Crippen LogP contribution in [0.15, 0.2) is 54.7 Å². The summed E-state index contributed by atoms with van der Waals surface area (Å²) in [6, 6.07) is 12.6. The molecule has 0 spiro atoms. The predicted octanol–water partition coefficient (Wildman–Crippen LogP) is 4.43. The lowest BCUT2D eigenvalue weighted by Gasteiger charge is -2.23. The molecule has 0 aliphatic heterocycles. The van der Waals surface area contributed by atoms with Crippen molar-refractivity contribution >= 4 is 29.2 Å². The third kappa shape index (κ3) is 3.77. The number of amides is 1. The van der Waals surface area contributed by atoms with E-state index in [4.69, 9.17) is 11.6 Å². The lowest BCUT2D eigenvalue weighted by atomic mass is 9.82. The van der Waals surface area contributed by atoms with Crippen LogP contribution in [-0.4, -0.2) is 21.7 Å². The monoisotopic (exact) mass is 395 g/mol. The molecular formula is C21H15ClFN3O2. The molecule has 0 unspecified atom stereocenters. The van der Waals surface area contributed by atoms with Crippen LogP contribution in [0.1, 0.15) is 44.3 Å². The third-order valence-corrected chi connectivity index (χ3v) is 4.93. The first kappa shape index (κ1) is 18.3. The van der Waals surface area contributed by atoms with E-state index >= 15 is 0 Å². The number of hydrogen-bond acceptors (Lipinski definition) is 4. The van der Waals surface area contributed by atoms with Crippen molar-refractivity contribution in [2.75, 3.05) is 5.32 Å². The van der Waals surface area contributed by atoms with Crippen molar-refractivity contribution in [2.45, 2.75) is 18.8 Å². The van der Waals surface area contributed by atoms with Gasteiger partial charge in [0.05, 0.1) is 11.3 Å². The van der Waals surface area contributed by atoms with E-state index in [1.54, 1.807) is 6.07 Å². The number of Topliss-reactive ketones (excluding diaryl/α,β-unsaturated/α-hetero) is 1. The SMILES string of the molecule is O=C(Nc1ncc2c(n1)C[C@H](c1cccc(Cl)c1)CC2=O)c1ccc(F)cc1. The van der Waals surface area contributed by atoms with Gasteiger partial charge in [0.25, 0.3) is 5.91 Å².